The molecule has 2 heteroatoms. The van der Waals surface area contributed by atoms with Crippen molar-refractivity contribution >= 4 is 5.78 Å². The highest BCUT2D eigenvalue weighted by molar-refractivity contribution is 5.96. The first-order valence-electron chi connectivity index (χ1n) is 6.23. The number of hydrogen-bond donors (Lipinski definition) is 1. The molecule has 17 heavy (non-hydrogen) atoms. The Bertz CT molecular complexity index is 458. The van der Waals surface area contributed by atoms with Gasteiger partial charge < -0.3 is 5.11 Å². The third-order valence-corrected chi connectivity index (χ3v) is 4.05. The molecular weight excluding hydrogens is 212 g/mol. The minimum Gasteiger partial charge on any atom is -0.508 e. The first-order chi connectivity index (χ1) is 8.22. The van der Waals surface area contributed by atoms with Crippen molar-refractivity contribution in [3.8, 4) is 5.75 Å². The Morgan fingerprint density at radius 1 is 1.18 bits per heavy atom. The first-order valence-corrected chi connectivity index (χ1v) is 6.23. The van der Waals surface area contributed by atoms with Gasteiger partial charge in [0, 0.05) is 12.0 Å². The van der Waals surface area contributed by atoms with Gasteiger partial charge in [-0.3, -0.25) is 4.79 Å². The molecule has 0 amide bonds. The van der Waals surface area contributed by atoms with Gasteiger partial charge in [0.05, 0.1) is 0 Å². The molecule has 2 nitrogen and oxygen atoms in total. The maximum absolute atomic E-state index is 12.1. The Morgan fingerprint density at radius 3 is 2.53 bits per heavy atom. The molecule has 0 spiro atoms. The van der Waals surface area contributed by atoms with Gasteiger partial charge in [0.1, 0.15) is 5.75 Å². The largest absolute Gasteiger partial charge is 0.508 e. The lowest BCUT2D eigenvalue weighted by Gasteiger charge is -2.16. The second-order valence-electron chi connectivity index (χ2n) is 5.21. The SMILES string of the molecule is O=C(CC1CC2C=CC1C2)c1ccc(O)cc1. The molecule has 2 bridgehead atoms. The third kappa shape index (κ3) is 1.99. The zero-order valence-corrected chi connectivity index (χ0v) is 9.67. The van der Waals surface area contributed by atoms with E-state index in [4.69, 9.17) is 0 Å². The molecule has 1 aromatic carbocycles. The van der Waals surface area contributed by atoms with Crippen molar-refractivity contribution in [1.82, 2.24) is 0 Å². The number of allylic oxidation sites excluding steroid dienone is 2. The van der Waals surface area contributed by atoms with E-state index in [1.54, 1.807) is 24.3 Å². The van der Waals surface area contributed by atoms with Crippen LogP contribution >= 0.6 is 0 Å². The fraction of sp³-hybridized carbons (Fsp3) is 0.400. The van der Waals surface area contributed by atoms with Crippen LogP contribution in [0, 0.1) is 17.8 Å². The zero-order valence-electron chi connectivity index (χ0n) is 9.67. The van der Waals surface area contributed by atoms with Gasteiger partial charge in [-0.2, -0.15) is 0 Å². The molecule has 2 aliphatic rings. The summed E-state index contributed by atoms with van der Waals surface area (Å²) in [5.41, 5.74) is 0.717. The summed E-state index contributed by atoms with van der Waals surface area (Å²) in [4.78, 5) is 12.1. The van der Waals surface area contributed by atoms with Crippen molar-refractivity contribution < 1.29 is 9.90 Å². The second-order valence-corrected chi connectivity index (χ2v) is 5.21. The molecule has 0 saturated heterocycles. The normalized spacial score (nSPS) is 29.8. The van der Waals surface area contributed by atoms with Crippen LogP contribution in [-0.2, 0) is 0 Å². The maximum Gasteiger partial charge on any atom is 0.163 e. The highest BCUT2D eigenvalue weighted by Gasteiger charge is 2.36. The van der Waals surface area contributed by atoms with Gasteiger partial charge in [-0.25, -0.2) is 0 Å². The monoisotopic (exact) mass is 228 g/mol. The van der Waals surface area contributed by atoms with E-state index in [9.17, 15) is 9.90 Å². The van der Waals surface area contributed by atoms with E-state index in [-0.39, 0.29) is 11.5 Å². The minimum absolute atomic E-state index is 0.205. The highest BCUT2D eigenvalue weighted by atomic mass is 16.3. The number of aromatic hydroxyl groups is 1. The van der Waals surface area contributed by atoms with Crippen molar-refractivity contribution in [1.29, 1.82) is 0 Å². The average molecular weight is 228 g/mol. The van der Waals surface area contributed by atoms with Crippen LogP contribution < -0.4 is 0 Å². The molecule has 1 aromatic rings. The molecule has 1 N–H and O–H groups in total. The molecule has 0 heterocycles. The number of ketones is 1. The lowest BCUT2D eigenvalue weighted by molar-refractivity contribution is 0.0954. The van der Waals surface area contributed by atoms with Gasteiger partial charge in [0.2, 0.25) is 0 Å². The van der Waals surface area contributed by atoms with Crippen LogP contribution in [0.1, 0.15) is 29.6 Å². The van der Waals surface area contributed by atoms with Gasteiger partial charge >= 0.3 is 0 Å². The number of rotatable bonds is 3. The van der Waals surface area contributed by atoms with E-state index in [1.807, 2.05) is 0 Å². The molecule has 88 valence electrons. The Hall–Kier alpha value is -1.57. The lowest BCUT2D eigenvalue weighted by atomic mass is 9.87. The third-order valence-electron chi connectivity index (χ3n) is 4.05. The number of fused-ring (bicyclic) bond motifs is 2. The summed E-state index contributed by atoms with van der Waals surface area (Å²) >= 11 is 0. The smallest absolute Gasteiger partial charge is 0.163 e. The van der Waals surface area contributed by atoms with Crippen molar-refractivity contribution in [3.63, 3.8) is 0 Å². The van der Waals surface area contributed by atoms with E-state index in [1.165, 1.54) is 12.8 Å². The van der Waals surface area contributed by atoms with Crippen LogP contribution in [0.3, 0.4) is 0 Å². The van der Waals surface area contributed by atoms with E-state index < -0.39 is 0 Å². The quantitative estimate of drug-likeness (QED) is 0.637. The highest BCUT2D eigenvalue weighted by Crippen LogP contribution is 2.45. The fourth-order valence-electron chi connectivity index (χ4n) is 3.13. The summed E-state index contributed by atoms with van der Waals surface area (Å²) in [7, 11) is 0. The summed E-state index contributed by atoms with van der Waals surface area (Å²) in [5, 5.41) is 9.19. The maximum atomic E-state index is 12.1. The number of phenols is 1. The summed E-state index contributed by atoms with van der Waals surface area (Å²) in [6.07, 6.45) is 7.64. The van der Waals surface area contributed by atoms with Crippen molar-refractivity contribution in [2.45, 2.75) is 19.3 Å². The number of hydrogen-bond acceptors (Lipinski definition) is 2. The average Bonchev–Trinajstić information content (AvgIpc) is 2.91. The molecule has 2 aliphatic carbocycles. The van der Waals surface area contributed by atoms with Gasteiger partial charge in [0.25, 0.3) is 0 Å². The number of Topliss-reactive ketones (excluding diaryl/α,β-unsaturated/α-hetero) is 1. The lowest BCUT2D eigenvalue weighted by Crippen LogP contribution is -2.13. The van der Waals surface area contributed by atoms with Gasteiger partial charge in [0.15, 0.2) is 5.78 Å². The van der Waals surface area contributed by atoms with Crippen molar-refractivity contribution in [2.24, 2.45) is 17.8 Å². The minimum atomic E-state index is 0.205. The van der Waals surface area contributed by atoms with Crippen molar-refractivity contribution in [3.05, 3.63) is 42.0 Å². The molecule has 1 fully saturated rings. The summed E-state index contributed by atoms with van der Waals surface area (Å²) in [6, 6.07) is 6.57. The standard InChI is InChI=1S/C15H16O2/c16-14-5-3-11(4-6-14)15(17)9-13-8-10-1-2-12(13)7-10/h1-6,10,12-13,16H,7-9H2. The van der Waals surface area contributed by atoms with E-state index in [0.29, 0.717) is 18.3 Å². The molecule has 3 rings (SSSR count). The van der Waals surface area contributed by atoms with Crippen LogP contribution in [0.15, 0.2) is 36.4 Å². The second kappa shape index (κ2) is 4.02. The molecule has 3 unspecified atom stereocenters. The fourth-order valence-corrected chi connectivity index (χ4v) is 3.13. The van der Waals surface area contributed by atoms with Crippen LogP contribution in [0.4, 0.5) is 0 Å². The predicted molar refractivity (Wildman–Crippen MR) is 65.9 cm³/mol. The molecule has 3 atom stereocenters. The topological polar surface area (TPSA) is 37.3 Å². The summed E-state index contributed by atoms with van der Waals surface area (Å²) < 4.78 is 0. The number of phenolic OH excluding ortho intramolecular Hbond substituents is 1. The number of benzene rings is 1. The molecule has 0 radical (unpaired) electrons. The van der Waals surface area contributed by atoms with Crippen LogP contribution in [0.25, 0.3) is 0 Å². The number of carbonyl (C=O) groups is 1. The Balaban J connectivity index is 1.68. The Kier molecular flexibility index (Phi) is 2.50. The molecule has 1 saturated carbocycles. The Labute approximate surface area is 101 Å². The molecular formula is C15H16O2. The van der Waals surface area contributed by atoms with Crippen LogP contribution in [0.5, 0.6) is 5.75 Å². The summed E-state index contributed by atoms with van der Waals surface area (Å²) in [6.45, 7) is 0. The van der Waals surface area contributed by atoms with Crippen LogP contribution in [0.2, 0.25) is 0 Å². The molecule has 0 aromatic heterocycles. The van der Waals surface area contributed by atoms with Gasteiger partial charge in [-0.05, 0) is 54.9 Å². The van der Waals surface area contributed by atoms with E-state index >= 15 is 0 Å². The first kappa shape index (κ1) is 10.6. The molecule has 0 aliphatic heterocycles. The van der Waals surface area contributed by atoms with E-state index in [0.717, 1.165) is 11.5 Å². The van der Waals surface area contributed by atoms with Gasteiger partial charge in [-0.1, -0.05) is 12.2 Å². The zero-order chi connectivity index (χ0) is 11.8. The van der Waals surface area contributed by atoms with Gasteiger partial charge in [-0.15, -0.1) is 0 Å². The Morgan fingerprint density at radius 2 is 1.94 bits per heavy atom. The predicted octanol–water partition coefficient (Wildman–Crippen LogP) is 3.18. The van der Waals surface area contributed by atoms with Crippen LogP contribution in [-0.4, -0.2) is 10.9 Å². The van der Waals surface area contributed by atoms with Crippen molar-refractivity contribution in [2.75, 3.05) is 0 Å². The number of carbonyl (C=O) groups excluding carboxylic acids is 1. The van der Waals surface area contributed by atoms with E-state index in [2.05, 4.69) is 12.2 Å². The summed E-state index contributed by atoms with van der Waals surface area (Å²) in [5.74, 6) is 2.30.